The van der Waals surface area contributed by atoms with Crippen molar-refractivity contribution in [3.05, 3.63) is 47.0 Å². The Morgan fingerprint density at radius 1 is 1.35 bits per heavy atom. The molecule has 128 valence electrons. The number of benzene rings is 1. The van der Waals surface area contributed by atoms with E-state index in [1.165, 1.54) is 0 Å². The first-order valence-electron chi connectivity index (χ1n) is 8.14. The van der Waals surface area contributed by atoms with Crippen LogP contribution in [0.5, 0.6) is 0 Å². The number of rotatable bonds is 7. The van der Waals surface area contributed by atoms with E-state index in [4.69, 9.17) is 4.74 Å². The van der Waals surface area contributed by atoms with Crippen molar-refractivity contribution in [2.24, 2.45) is 0 Å². The molecule has 1 atom stereocenters. The normalized spacial score (nSPS) is 12.6. The number of ether oxygens (including phenoxy) is 1. The third-order valence-electron chi connectivity index (χ3n) is 3.40. The van der Waals surface area contributed by atoms with Gasteiger partial charge in [0, 0.05) is 11.0 Å². The van der Waals surface area contributed by atoms with Gasteiger partial charge in [0.05, 0.1) is 6.04 Å². The first-order valence-corrected chi connectivity index (χ1v) is 8.93. The maximum atomic E-state index is 12.7. The van der Waals surface area contributed by atoms with Crippen LogP contribution < -0.4 is 0 Å². The zero-order chi connectivity index (χ0) is 17.5. The molecule has 0 bridgehead atoms. The molecule has 23 heavy (non-hydrogen) atoms. The van der Waals surface area contributed by atoms with Gasteiger partial charge >= 0.3 is 6.09 Å². The molecule has 0 aliphatic heterocycles. The molecule has 0 fully saturated rings. The summed E-state index contributed by atoms with van der Waals surface area (Å²) in [6.45, 7) is 12.3. The Labute approximate surface area is 148 Å². The highest BCUT2D eigenvalue weighted by Crippen LogP contribution is 2.28. The van der Waals surface area contributed by atoms with Gasteiger partial charge in [-0.2, -0.15) is 0 Å². The summed E-state index contributed by atoms with van der Waals surface area (Å²) < 4.78 is 6.64. The molecule has 0 spiro atoms. The highest BCUT2D eigenvalue weighted by molar-refractivity contribution is 9.10. The van der Waals surface area contributed by atoms with Gasteiger partial charge in [-0.3, -0.25) is 0 Å². The second-order valence-electron chi connectivity index (χ2n) is 6.62. The van der Waals surface area contributed by atoms with Crippen LogP contribution in [0.1, 0.15) is 58.6 Å². The lowest BCUT2D eigenvalue weighted by molar-refractivity contribution is 0.0156. The summed E-state index contributed by atoms with van der Waals surface area (Å²) in [6.07, 6.45) is 4.27. The van der Waals surface area contributed by atoms with E-state index in [1.54, 1.807) is 0 Å². The van der Waals surface area contributed by atoms with Crippen LogP contribution in [0.4, 0.5) is 4.79 Å². The molecule has 0 unspecified atom stereocenters. The number of carbonyl (C=O) groups excluding carboxylic acids is 1. The molecule has 0 aliphatic rings. The maximum absolute atomic E-state index is 12.7. The van der Waals surface area contributed by atoms with Gasteiger partial charge < -0.3 is 9.64 Å². The average Bonchev–Trinajstić information content (AvgIpc) is 2.45. The van der Waals surface area contributed by atoms with Crippen molar-refractivity contribution in [2.75, 3.05) is 6.54 Å². The molecule has 0 heterocycles. The number of nitrogens with zero attached hydrogens (tertiary/aromatic N) is 1. The number of amides is 1. The van der Waals surface area contributed by atoms with E-state index in [-0.39, 0.29) is 12.1 Å². The highest BCUT2D eigenvalue weighted by atomic mass is 79.9. The van der Waals surface area contributed by atoms with E-state index in [9.17, 15) is 4.79 Å². The molecule has 0 radical (unpaired) electrons. The monoisotopic (exact) mass is 381 g/mol. The van der Waals surface area contributed by atoms with Crippen LogP contribution in [0.15, 0.2) is 41.4 Å². The Morgan fingerprint density at radius 2 is 1.96 bits per heavy atom. The molecule has 0 saturated carbocycles. The Morgan fingerprint density at radius 3 is 2.43 bits per heavy atom. The fraction of sp³-hybridized carbons (Fsp3) is 0.526. The Balaban J connectivity index is 3.08. The number of hydrogen-bond donors (Lipinski definition) is 0. The van der Waals surface area contributed by atoms with Crippen molar-refractivity contribution in [1.29, 1.82) is 0 Å². The van der Waals surface area contributed by atoms with Gasteiger partial charge in [0.15, 0.2) is 0 Å². The Hall–Kier alpha value is -1.29. The molecule has 0 aromatic heterocycles. The van der Waals surface area contributed by atoms with Crippen molar-refractivity contribution in [2.45, 2.75) is 58.6 Å². The van der Waals surface area contributed by atoms with Crippen molar-refractivity contribution in [3.63, 3.8) is 0 Å². The molecular formula is C19H28BrNO2. The van der Waals surface area contributed by atoms with E-state index in [0.717, 1.165) is 22.9 Å². The lowest BCUT2D eigenvalue weighted by Crippen LogP contribution is -2.39. The van der Waals surface area contributed by atoms with Crippen LogP contribution in [0.3, 0.4) is 0 Å². The number of halogens is 1. The van der Waals surface area contributed by atoms with Crippen LogP contribution in [-0.2, 0) is 4.74 Å². The van der Waals surface area contributed by atoms with Gasteiger partial charge in [-0.15, -0.1) is 6.58 Å². The predicted octanol–water partition coefficient (Wildman–Crippen LogP) is 6.10. The van der Waals surface area contributed by atoms with Crippen LogP contribution in [0, 0.1) is 0 Å². The minimum absolute atomic E-state index is 0.0537. The number of hydrogen-bond acceptors (Lipinski definition) is 2. The second kappa shape index (κ2) is 9.11. The molecule has 4 heteroatoms. The standard InChI is InChI=1S/C19H28BrNO2/c1-6-8-14-21(18(22)23-19(3,4)5)17(9-7-2)15-10-12-16(20)13-11-15/h7,10-13,17H,2,6,8-9,14H2,1,3-5H3/t17-/m0/s1. The fourth-order valence-corrected chi connectivity index (χ4v) is 2.57. The summed E-state index contributed by atoms with van der Waals surface area (Å²) in [5.74, 6) is 0. The summed E-state index contributed by atoms with van der Waals surface area (Å²) in [5, 5.41) is 0. The smallest absolute Gasteiger partial charge is 0.410 e. The summed E-state index contributed by atoms with van der Waals surface area (Å²) in [5.41, 5.74) is 0.593. The van der Waals surface area contributed by atoms with E-state index < -0.39 is 5.60 Å². The maximum Gasteiger partial charge on any atom is 0.410 e. The second-order valence-corrected chi connectivity index (χ2v) is 7.53. The SMILES string of the molecule is C=CC[C@@H](c1ccc(Br)cc1)N(CCCC)C(=O)OC(C)(C)C. The summed E-state index contributed by atoms with van der Waals surface area (Å²) in [4.78, 5) is 14.5. The van der Waals surface area contributed by atoms with Crippen molar-refractivity contribution < 1.29 is 9.53 Å². The summed E-state index contributed by atoms with van der Waals surface area (Å²) in [6, 6.07) is 8.03. The number of carbonyl (C=O) groups is 1. The largest absolute Gasteiger partial charge is 0.444 e. The average molecular weight is 382 g/mol. The van der Waals surface area contributed by atoms with Gasteiger partial charge in [0.1, 0.15) is 5.60 Å². The number of unbranched alkanes of at least 4 members (excludes halogenated alkanes) is 1. The van der Waals surface area contributed by atoms with Crippen LogP contribution in [0.2, 0.25) is 0 Å². The molecule has 1 rings (SSSR count). The quantitative estimate of drug-likeness (QED) is 0.533. The minimum atomic E-state index is -0.500. The fourth-order valence-electron chi connectivity index (χ4n) is 2.31. The predicted molar refractivity (Wildman–Crippen MR) is 99.5 cm³/mol. The minimum Gasteiger partial charge on any atom is -0.444 e. The highest BCUT2D eigenvalue weighted by Gasteiger charge is 2.28. The lowest BCUT2D eigenvalue weighted by atomic mass is 10.0. The first-order chi connectivity index (χ1) is 10.8. The van der Waals surface area contributed by atoms with Crippen molar-refractivity contribution >= 4 is 22.0 Å². The van der Waals surface area contributed by atoms with E-state index in [1.807, 2.05) is 56.0 Å². The molecule has 1 aromatic rings. The molecule has 0 aliphatic carbocycles. The Kier molecular flexibility index (Phi) is 7.83. The summed E-state index contributed by atoms with van der Waals surface area (Å²) >= 11 is 3.46. The zero-order valence-electron chi connectivity index (χ0n) is 14.6. The van der Waals surface area contributed by atoms with Crippen molar-refractivity contribution in [1.82, 2.24) is 4.90 Å². The third kappa shape index (κ3) is 6.78. The lowest BCUT2D eigenvalue weighted by Gasteiger charge is -2.33. The third-order valence-corrected chi connectivity index (χ3v) is 3.93. The topological polar surface area (TPSA) is 29.5 Å². The molecule has 0 N–H and O–H groups in total. The van der Waals surface area contributed by atoms with Crippen LogP contribution in [-0.4, -0.2) is 23.1 Å². The first kappa shape index (κ1) is 19.8. The molecule has 1 amide bonds. The van der Waals surface area contributed by atoms with Gasteiger partial charge in [-0.1, -0.05) is 47.5 Å². The Bertz CT molecular complexity index is 505. The van der Waals surface area contributed by atoms with Crippen molar-refractivity contribution in [3.8, 4) is 0 Å². The van der Waals surface area contributed by atoms with Crippen LogP contribution >= 0.6 is 15.9 Å². The molecule has 3 nitrogen and oxygen atoms in total. The van der Waals surface area contributed by atoms with Gasteiger partial charge in [0.25, 0.3) is 0 Å². The molecule has 1 aromatic carbocycles. The zero-order valence-corrected chi connectivity index (χ0v) is 16.2. The van der Waals surface area contributed by atoms with Crippen LogP contribution in [0.25, 0.3) is 0 Å². The van der Waals surface area contributed by atoms with E-state index >= 15 is 0 Å². The molecule has 0 saturated heterocycles. The van der Waals surface area contributed by atoms with E-state index in [2.05, 4.69) is 29.4 Å². The summed E-state index contributed by atoms with van der Waals surface area (Å²) in [7, 11) is 0. The van der Waals surface area contributed by atoms with E-state index in [0.29, 0.717) is 13.0 Å². The van der Waals surface area contributed by atoms with Gasteiger partial charge in [-0.25, -0.2) is 4.79 Å². The van der Waals surface area contributed by atoms with Gasteiger partial charge in [0.2, 0.25) is 0 Å². The molecular weight excluding hydrogens is 354 g/mol. The van der Waals surface area contributed by atoms with Gasteiger partial charge in [-0.05, 0) is 51.3 Å².